The lowest BCUT2D eigenvalue weighted by atomic mass is 10.1. The number of quaternary nitrogens is 1. The summed E-state index contributed by atoms with van der Waals surface area (Å²) < 4.78 is 22.8. The molecule has 2 aromatic rings. The Morgan fingerprint density at radius 3 is 2.07 bits per heavy atom. The Labute approximate surface area is 171 Å². The molecule has 0 aliphatic rings. The van der Waals surface area contributed by atoms with E-state index in [1.165, 1.54) is 18.2 Å². The Bertz CT molecular complexity index is 1010. The van der Waals surface area contributed by atoms with Gasteiger partial charge in [0.1, 0.15) is 0 Å². The molecule has 9 heteroatoms. The minimum absolute atomic E-state index is 0.0406. The van der Waals surface area contributed by atoms with E-state index in [0.29, 0.717) is 10.6 Å². The summed E-state index contributed by atoms with van der Waals surface area (Å²) in [5.41, 5.74) is 4.22. The number of carbonyl (C=O) groups excluding carboxylic acids is 2. The molecule has 0 saturated carbocycles. The number of aryl methyl sites for hydroxylation is 3. The molecule has 0 bridgehead atoms. The highest BCUT2D eigenvalue weighted by Crippen LogP contribution is 2.21. The van der Waals surface area contributed by atoms with Crippen LogP contribution >= 0.6 is 0 Å². The van der Waals surface area contributed by atoms with E-state index in [1.807, 2.05) is 32.9 Å². The molecule has 2 rings (SSSR count). The zero-order chi connectivity index (χ0) is 21.8. The summed E-state index contributed by atoms with van der Waals surface area (Å²) in [6.45, 7) is 6.03. The first-order valence-electron chi connectivity index (χ1n) is 9.07. The van der Waals surface area contributed by atoms with Gasteiger partial charge in [0, 0.05) is 11.4 Å². The molecular formula is C20H27N4O4S+. The van der Waals surface area contributed by atoms with Gasteiger partial charge < -0.3 is 15.5 Å². The largest absolute Gasteiger partial charge is 0.322 e. The van der Waals surface area contributed by atoms with E-state index in [0.717, 1.165) is 22.4 Å². The van der Waals surface area contributed by atoms with Crippen molar-refractivity contribution in [2.75, 3.05) is 30.8 Å². The van der Waals surface area contributed by atoms with Crippen molar-refractivity contribution in [1.82, 2.24) is 0 Å². The van der Waals surface area contributed by atoms with Crippen LogP contribution in [0.1, 0.15) is 16.7 Å². The summed E-state index contributed by atoms with van der Waals surface area (Å²) in [6, 6.07) is 9.70. The van der Waals surface area contributed by atoms with Crippen LogP contribution in [0, 0.1) is 20.8 Å². The van der Waals surface area contributed by atoms with E-state index in [4.69, 9.17) is 5.14 Å². The summed E-state index contributed by atoms with van der Waals surface area (Å²) in [7, 11) is -2.12. The molecule has 2 amide bonds. The van der Waals surface area contributed by atoms with Crippen molar-refractivity contribution in [2.24, 2.45) is 5.14 Å². The van der Waals surface area contributed by atoms with Crippen molar-refractivity contribution in [3.63, 3.8) is 0 Å². The summed E-state index contributed by atoms with van der Waals surface area (Å²) >= 11 is 0. The molecule has 8 nitrogen and oxygen atoms in total. The van der Waals surface area contributed by atoms with Crippen LogP contribution in [-0.4, -0.2) is 40.4 Å². The number of benzene rings is 2. The lowest BCUT2D eigenvalue weighted by Gasteiger charge is -2.16. The Morgan fingerprint density at radius 1 is 0.966 bits per heavy atom. The van der Waals surface area contributed by atoms with Crippen LogP contribution in [0.5, 0.6) is 0 Å². The second-order valence-corrected chi connectivity index (χ2v) is 8.81. The molecule has 0 fully saturated rings. The number of sulfonamides is 1. The van der Waals surface area contributed by atoms with Crippen LogP contribution in [-0.2, 0) is 19.6 Å². The first-order chi connectivity index (χ1) is 13.5. The van der Waals surface area contributed by atoms with Gasteiger partial charge in [0.25, 0.3) is 11.8 Å². The van der Waals surface area contributed by atoms with Crippen LogP contribution in [0.4, 0.5) is 11.4 Å². The fourth-order valence-electron chi connectivity index (χ4n) is 3.13. The molecular weight excluding hydrogens is 392 g/mol. The van der Waals surface area contributed by atoms with Crippen LogP contribution in [0.2, 0.25) is 0 Å². The fourth-order valence-corrected chi connectivity index (χ4v) is 3.69. The third kappa shape index (κ3) is 6.67. The van der Waals surface area contributed by atoms with E-state index in [2.05, 4.69) is 10.6 Å². The summed E-state index contributed by atoms with van der Waals surface area (Å²) in [5.74, 6) is -0.536. The smallest absolute Gasteiger partial charge is 0.279 e. The highest BCUT2D eigenvalue weighted by molar-refractivity contribution is 7.89. The average molecular weight is 420 g/mol. The Morgan fingerprint density at radius 2 is 1.52 bits per heavy atom. The molecule has 0 aliphatic carbocycles. The lowest BCUT2D eigenvalue weighted by Crippen LogP contribution is -3.11. The van der Waals surface area contributed by atoms with Gasteiger partial charge in [-0.2, -0.15) is 0 Å². The maximum absolute atomic E-state index is 12.4. The van der Waals surface area contributed by atoms with Gasteiger partial charge in [-0.1, -0.05) is 23.8 Å². The zero-order valence-electron chi connectivity index (χ0n) is 17.0. The van der Waals surface area contributed by atoms with Gasteiger partial charge in [0.15, 0.2) is 13.1 Å². The fraction of sp³-hybridized carbons (Fsp3) is 0.300. The number of likely N-dealkylation sites (N-methyl/N-ethyl adjacent to an activating group) is 1. The van der Waals surface area contributed by atoms with Crippen molar-refractivity contribution in [2.45, 2.75) is 25.7 Å². The average Bonchev–Trinajstić information content (AvgIpc) is 2.57. The Balaban J connectivity index is 1.93. The van der Waals surface area contributed by atoms with Crippen molar-refractivity contribution < 1.29 is 22.9 Å². The number of primary sulfonamides is 1. The standard InChI is InChI=1S/C20H26N4O4S/c1-13-8-14(2)20(15(3)9-13)23-19(26)12-24(4)11-18(25)22-16-6-5-7-17(10-16)29(21,27)28/h5-10H,11-12H2,1-4H3,(H,22,25)(H,23,26)(H2,21,27,28)/p+1. The molecule has 1 atom stereocenters. The third-order valence-electron chi connectivity index (χ3n) is 4.31. The first kappa shape index (κ1) is 22.5. The number of nitrogens with two attached hydrogens (primary N) is 1. The van der Waals surface area contributed by atoms with E-state index in [-0.39, 0.29) is 29.8 Å². The number of carbonyl (C=O) groups is 2. The number of nitrogens with one attached hydrogen (secondary N) is 3. The third-order valence-corrected chi connectivity index (χ3v) is 5.22. The number of rotatable bonds is 7. The van der Waals surface area contributed by atoms with Crippen molar-refractivity contribution in [1.29, 1.82) is 0 Å². The molecule has 29 heavy (non-hydrogen) atoms. The van der Waals surface area contributed by atoms with E-state index in [9.17, 15) is 18.0 Å². The second-order valence-electron chi connectivity index (χ2n) is 7.25. The van der Waals surface area contributed by atoms with Crippen LogP contribution in [0.15, 0.2) is 41.3 Å². The minimum Gasteiger partial charge on any atom is -0.322 e. The lowest BCUT2D eigenvalue weighted by molar-refractivity contribution is -0.862. The predicted molar refractivity (Wildman–Crippen MR) is 112 cm³/mol. The molecule has 2 aromatic carbocycles. The normalized spacial score (nSPS) is 12.3. The maximum Gasteiger partial charge on any atom is 0.279 e. The summed E-state index contributed by atoms with van der Waals surface area (Å²) in [5, 5.41) is 10.6. The van der Waals surface area contributed by atoms with Crippen molar-refractivity contribution in [3.8, 4) is 0 Å². The molecule has 156 valence electrons. The van der Waals surface area contributed by atoms with Crippen LogP contribution < -0.4 is 20.7 Å². The molecule has 0 spiro atoms. The summed E-state index contributed by atoms with van der Waals surface area (Å²) in [4.78, 5) is 25.2. The zero-order valence-corrected chi connectivity index (χ0v) is 17.8. The predicted octanol–water partition coefficient (Wildman–Crippen LogP) is 0.351. The monoisotopic (exact) mass is 419 g/mol. The highest BCUT2D eigenvalue weighted by Gasteiger charge is 2.17. The topological polar surface area (TPSA) is 123 Å². The van der Waals surface area contributed by atoms with Gasteiger partial charge in [-0.3, -0.25) is 9.59 Å². The minimum atomic E-state index is -3.85. The maximum atomic E-state index is 12.4. The number of amides is 2. The van der Waals surface area contributed by atoms with Crippen LogP contribution in [0.25, 0.3) is 0 Å². The number of hydrogen-bond donors (Lipinski definition) is 4. The molecule has 0 saturated heterocycles. The summed E-state index contributed by atoms with van der Waals surface area (Å²) in [6.07, 6.45) is 0. The number of hydrogen-bond acceptors (Lipinski definition) is 4. The number of anilines is 2. The van der Waals surface area contributed by atoms with Gasteiger partial charge in [0.05, 0.1) is 11.9 Å². The van der Waals surface area contributed by atoms with E-state index in [1.54, 1.807) is 13.1 Å². The molecule has 1 unspecified atom stereocenters. The highest BCUT2D eigenvalue weighted by atomic mass is 32.2. The van der Waals surface area contributed by atoms with E-state index >= 15 is 0 Å². The van der Waals surface area contributed by atoms with Crippen molar-refractivity contribution >= 4 is 33.2 Å². The molecule has 0 heterocycles. The van der Waals surface area contributed by atoms with Crippen molar-refractivity contribution in [3.05, 3.63) is 53.1 Å². The first-order valence-corrected chi connectivity index (χ1v) is 10.6. The van der Waals surface area contributed by atoms with Crippen LogP contribution in [0.3, 0.4) is 0 Å². The Hall–Kier alpha value is -2.75. The van der Waals surface area contributed by atoms with Gasteiger partial charge in [-0.15, -0.1) is 0 Å². The molecule has 0 aliphatic heterocycles. The van der Waals surface area contributed by atoms with Gasteiger partial charge >= 0.3 is 0 Å². The SMILES string of the molecule is Cc1cc(C)c(NC(=O)C[NH+](C)CC(=O)Nc2cccc(S(N)(=O)=O)c2)c(C)c1. The van der Waals surface area contributed by atoms with Gasteiger partial charge in [0.2, 0.25) is 10.0 Å². The second kappa shape index (κ2) is 9.17. The molecule has 5 N–H and O–H groups in total. The van der Waals surface area contributed by atoms with Gasteiger partial charge in [-0.25, -0.2) is 13.6 Å². The quantitative estimate of drug-likeness (QED) is 0.517. The Kier molecular flexibility index (Phi) is 7.12. The molecule has 0 radical (unpaired) electrons. The molecule has 0 aromatic heterocycles. The van der Waals surface area contributed by atoms with E-state index < -0.39 is 10.0 Å². The van der Waals surface area contributed by atoms with Gasteiger partial charge in [-0.05, 0) is 50.1 Å².